The van der Waals surface area contributed by atoms with Gasteiger partial charge in [0.15, 0.2) is 0 Å². The molecule has 1 heterocycles. The number of nitrogens with one attached hydrogen (secondary N) is 1. The smallest absolute Gasteiger partial charge is 0.326 e. The molecule has 3 atom stereocenters. The molecule has 0 saturated carbocycles. The molecule has 1 aliphatic heterocycles. The van der Waals surface area contributed by atoms with Crippen molar-refractivity contribution in [2.45, 2.75) is 38.8 Å². The van der Waals surface area contributed by atoms with Gasteiger partial charge in [0, 0.05) is 6.54 Å². The number of likely N-dealkylation sites (N-methyl/N-ethyl adjacent to an activating group) is 1. The van der Waals surface area contributed by atoms with Crippen molar-refractivity contribution in [3.63, 3.8) is 0 Å². The molecule has 92 valence electrons. The number of piperidine rings is 1. The number of hydrogen-bond donors (Lipinski definition) is 2. The normalized spacial score (nSPS) is 27.6. The molecule has 0 aromatic rings. The van der Waals surface area contributed by atoms with E-state index in [4.69, 9.17) is 5.11 Å². The number of rotatable bonds is 3. The molecule has 16 heavy (non-hydrogen) atoms. The van der Waals surface area contributed by atoms with Gasteiger partial charge in [0.1, 0.15) is 6.04 Å². The lowest BCUT2D eigenvalue weighted by molar-refractivity contribution is -0.153. The van der Waals surface area contributed by atoms with Crippen LogP contribution in [0.3, 0.4) is 0 Å². The summed E-state index contributed by atoms with van der Waals surface area (Å²) in [6.45, 7) is 4.32. The molecule has 0 spiro atoms. The molecule has 1 aliphatic rings. The number of carbonyl (C=O) groups excluding carboxylic acids is 1. The van der Waals surface area contributed by atoms with Crippen molar-refractivity contribution < 1.29 is 14.7 Å². The van der Waals surface area contributed by atoms with Gasteiger partial charge in [0.05, 0.1) is 6.04 Å². The van der Waals surface area contributed by atoms with Crippen LogP contribution >= 0.6 is 0 Å². The van der Waals surface area contributed by atoms with Crippen LogP contribution in [0.2, 0.25) is 0 Å². The van der Waals surface area contributed by atoms with Crippen LogP contribution in [-0.4, -0.2) is 47.6 Å². The Labute approximate surface area is 95.8 Å². The Morgan fingerprint density at radius 1 is 1.50 bits per heavy atom. The third kappa shape index (κ3) is 2.72. The number of likely N-dealkylation sites (tertiary alicyclic amines) is 1. The van der Waals surface area contributed by atoms with Gasteiger partial charge < -0.3 is 15.3 Å². The minimum absolute atomic E-state index is 0.123. The van der Waals surface area contributed by atoms with E-state index < -0.39 is 12.0 Å². The average Bonchev–Trinajstić information content (AvgIpc) is 2.26. The Bertz CT molecular complexity index is 280. The quantitative estimate of drug-likeness (QED) is 0.729. The summed E-state index contributed by atoms with van der Waals surface area (Å²) in [6.07, 6.45) is 1.43. The van der Waals surface area contributed by atoms with Crippen LogP contribution in [0.25, 0.3) is 0 Å². The number of nitrogens with zero attached hydrogens (tertiary/aromatic N) is 1. The minimum atomic E-state index is -0.900. The fourth-order valence-corrected chi connectivity index (χ4v) is 2.01. The van der Waals surface area contributed by atoms with Gasteiger partial charge in [-0.1, -0.05) is 6.92 Å². The Morgan fingerprint density at radius 3 is 2.62 bits per heavy atom. The highest BCUT2D eigenvalue weighted by Crippen LogP contribution is 2.23. The van der Waals surface area contributed by atoms with Crippen LogP contribution in [0, 0.1) is 5.92 Å². The fourth-order valence-electron chi connectivity index (χ4n) is 2.01. The molecule has 1 saturated heterocycles. The molecule has 3 unspecified atom stereocenters. The van der Waals surface area contributed by atoms with Gasteiger partial charge in [-0.15, -0.1) is 0 Å². The van der Waals surface area contributed by atoms with Crippen molar-refractivity contribution in [3.8, 4) is 0 Å². The largest absolute Gasteiger partial charge is 0.480 e. The maximum atomic E-state index is 12.0. The summed E-state index contributed by atoms with van der Waals surface area (Å²) in [6, 6.07) is -0.984. The second kappa shape index (κ2) is 5.30. The highest BCUT2D eigenvalue weighted by atomic mass is 16.4. The third-order valence-electron chi connectivity index (χ3n) is 3.24. The molecule has 1 fully saturated rings. The SMILES string of the molecule is CNC(C)C(=O)N1CCC(C)CC1C(=O)O. The van der Waals surface area contributed by atoms with Gasteiger partial charge in [-0.25, -0.2) is 4.79 Å². The van der Waals surface area contributed by atoms with Crippen LogP contribution in [0.5, 0.6) is 0 Å². The summed E-state index contributed by atoms with van der Waals surface area (Å²) in [7, 11) is 1.70. The van der Waals surface area contributed by atoms with Crippen molar-refractivity contribution in [2.24, 2.45) is 5.92 Å². The zero-order chi connectivity index (χ0) is 12.3. The molecule has 0 aromatic heterocycles. The summed E-state index contributed by atoms with van der Waals surface area (Å²) in [4.78, 5) is 24.6. The van der Waals surface area contributed by atoms with Crippen LogP contribution in [0.4, 0.5) is 0 Å². The lowest BCUT2D eigenvalue weighted by Gasteiger charge is -2.37. The van der Waals surface area contributed by atoms with Gasteiger partial charge in [0.25, 0.3) is 0 Å². The summed E-state index contributed by atoms with van der Waals surface area (Å²) in [5.41, 5.74) is 0. The average molecular weight is 228 g/mol. The molecular formula is C11H20N2O3. The highest BCUT2D eigenvalue weighted by Gasteiger charge is 2.35. The summed E-state index contributed by atoms with van der Waals surface area (Å²) in [5.74, 6) is -0.653. The number of hydrogen-bond acceptors (Lipinski definition) is 3. The predicted octanol–water partition coefficient (Wildman–Crippen LogP) is 0.306. The van der Waals surface area contributed by atoms with Crippen LogP contribution in [0.15, 0.2) is 0 Å². The van der Waals surface area contributed by atoms with E-state index in [1.165, 1.54) is 4.90 Å². The van der Waals surface area contributed by atoms with Crippen LogP contribution in [0.1, 0.15) is 26.7 Å². The van der Waals surface area contributed by atoms with Crippen molar-refractivity contribution in [3.05, 3.63) is 0 Å². The summed E-state index contributed by atoms with van der Waals surface area (Å²) < 4.78 is 0. The monoisotopic (exact) mass is 228 g/mol. The second-order valence-corrected chi connectivity index (χ2v) is 4.53. The molecular weight excluding hydrogens is 208 g/mol. The first-order valence-corrected chi connectivity index (χ1v) is 5.68. The Balaban J connectivity index is 2.76. The second-order valence-electron chi connectivity index (χ2n) is 4.53. The fraction of sp³-hybridized carbons (Fsp3) is 0.818. The topological polar surface area (TPSA) is 69.6 Å². The zero-order valence-corrected chi connectivity index (χ0v) is 10.1. The van der Waals surface area contributed by atoms with Gasteiger partial charge >= 0.3 is 5.97 Å². The van der Waals surface area contributed by atoms with E-state index in [9.17, 15) is 9.59 Å². The lowest BCUT2D eigenvalue weighted by atomic mass is 9.92. The van der Waals surface area contributed by atoms with E-state index in [1.54, 1.807) is 14.0 Å². The highest BCUT2D eigenvalue weighted by molar-refractivity contribution is 5.87. The lowest BCUT2D eigenvalue weighted by Crippen LogP contribution is -2.54. The number of aliphatic carboxylic acids is 1. The first-order valence-electron chi connectivity index (χ1n) is 5.68. The van der Waals surface area contributed by atoms with E-state index in [1.807, 2.05) is 6.92 Å². The van der Waals surface area contributed by atoms with E-state index in [0.29, 0.717) is 18.9 Å². The standard InChI is InChI=1S/C11H20N2O3/c1-7-4-5-13(9(6-7)11(15)16)10(14)8(2)12-3/h7-9,12H,4-6H2,1-3H3,(H,15,16). The minimum Gasteiger partial charge on any atom is -0.480 e. The Hall–Kier alpha value is -1.10. The van der Waals surface area contributed by atoms with E-state index in [2.05, 4.69) is 5.32 Å². The molecule has 0 aromatic carbocycles. The Morgan fingerprint density at radius 2 is 2.12 bits per heavy atom. The molecule has 2 N–H and O–H groups in total. The van der Waals surface area contributed by atoms with Crippen molar-refractivity contribution >= 4 is 11.9 Å². The number of carboxylic acids is 1. The van der Waals surface area contributed by atoms with Gasteiger partial charge in [-0.3, -0.25) is 4.79 Å². The van der Waals surface area contributed by atoms with Gasteiger partial charge in [-0.2, -0.15) is 0 Å². The molecule has 0 aliphatic carbocycles. The molecule has 5 nitrogen and oxygen atoms in total. The van der Waals surface area contributed by atoms with E-state index in [-0.39, 0.29) is 11.9 Å². The number of carboxylic acid groups (broad SMARTS) is 1. The van der Waals surface area contributed by atoms with Crippen molar-refractivity contribution in [1.82, 2.24) is 10.2 Å². The van der Waals surface area contributed by atoms with E-state index >= 15 is 0 Å². The number of amides is 1. The van der Waals surface area contributed by atoms with Crippen molar-refractivity contribution in [2.75, 3.05) is 13.6 Å². The molecule has 0 bridgehead atoms. The number of carbonyl (C=O) groups is 2. The molecule has 1 amide bonds. The van der Waals surface area contributed by atoms with Gasteiger partial charge in [-0.05, 0) is 32.7 Å². The van der Waals surface area contributed by atoms with E-state index in [0.717, 1.165) is 6.42 Å². The van der Waals surface area contributed by atoms with Crippen LogP contribution in [-0.2, 0) is 9.59 Å². The first-order chi connectivity index (χ1) is 7.47. The molecule has 1 rings (SSSR count). The molecule has 0 radical (unpaired) electrons. The summed E-state index contributed by atoms with van der Waals surface area (Å²) in [5, 5.41) is 12.0. The van der Waals surface area contributed by atoms with Crippen LogP contribution < -0.4 is 5.32 Å². The Kier molecular flexibility index (Phi) is 4.29. The predicted molar refractivity (Wildman–Crippen MR) is 60.1 cm³/mol. The van der Waals surface area contributed by atoms with Gasteiger partial charge in [0.2, 0.25) is 5.91 Å². The summed E-state index contributed by atoms with van der Waals surface area (Å²) >= 11 is 0. The maximum Gasteiger partial charge on any atom is 0.326 e. The van der Waals surface area contributed by atoms with Crippen molar-refractivity contribution in [1.29, 1.82) is 0 Å². The third-order valence-corrected chi connectivity index (χ3v) is 3.24. The first kappa shape index (κ1) is 13.0. The molecule has 5 heteroatoms. The zero-order valence-electron chi connectivity index (χ0n) is 10.1. The maximum absolute atomic E-state index is 12.0.